The molecule has 0 saturated carbocycles. The third kappa shape index (κ3) is 5.52. The van der Waals surface area contributed by atoms with Crippen molar-refractivity contribution in [1.29, 1.82) is 0 Å². The van der Waals surface area contributed by atoms with Crippen LogP contribution in [0.1, 0.15) is 29.0 Å². The number of pyridine rings is 1. The Balaban J connectivity index is 1.25. The van der Waals surface area contributed by atoms with E-state index in [2.05, 4.69) is 37.3 Å². The molecule has 0 unspecified atom stereocenters. The highest BCUT2D eigenvalue weighted by molar-refractivity contribution is 6.04. The van der Waals surface area contributed by atoms with Gasteiger partial charge in [-0.05, 0) is 49.2 Å². The molecular weight excluding hydrogens is 580 g/mol. The predicted octanol–water partition coefficient (Wildman–Crippen LogP) is 3.22. The average Bonchev–Trinajstić information content (AvgIpc) is 3.68. The lowest BCUT2D eigenvalue weighted by molar-refractivity contribution is 0.0941. The summed E-state index contributed by atoms with van der Waals surface area (Å²) in [6.45, 7) is 7.80. The molecule has 0 spiro atoms. The van der Waals surface area contributed by atoms with Crippen LogP contribution < -0.4 is 16.6 Å². The maximum absolute atomic E-state index is 14.5. The van der Waals surface area contributed by atoms with Crippen LogP contribution >= 0.6 is 0 Å². The van der Waals surface area contributed by atoms with Crippen LogP contribution in [0.2, 0.25) is 0 Å². The van der Waals surface area contributed by atoms with Gasteiger partial charge in [0.1, 0.15) is 5.56 Å². The maximum atomic E-state index is 14.5. The van der Waals surface area contributed by atoms with E-state index in [0.717, 1.165) is 55.8 Å². The molecule has 0 aliphatic carbocycles. The van der Waals surface area contributed by atoms with Crippen LogP contribution in [-0.2, 0) is 6.54 Å². The van der Waals surface area contributed by atoms with Crippen molar-refractivity contribution in [2.24, 2.45) is 0 Å². The predicted molar refractivity (Wildman–Crippen MR) is 178 cm³/mol. The summed E-state index contributed by atoms with van der Waals surface area (Å²) in [6, 6.07) is 18.4. The summed E-state index contributed by atoms with van der Waals surface area (Å²) >= 11 is 0. The van der Waals surface area contributed by atoms with Crippen LogP contribution in [0.4, 0.5) is 5.82 Å². The van der Waals surface area contributed by atoms with E-state index in [1.54, 1.807) is 23.0 Å². The van der Waals surface area contributed by atoms with Crippen LogP contribution in [0.5, 0.6) is 0 Å². The Morgan fingerprint density at radius 1 is 1.02 bits per heavy atom. The van der Waals surface area contributed by atoms with Crippen molar-refractivity contribution in [1.82, 2.24) is 44.1 Å². The Kier molecular flexibility index (Phi) is 7.81. The molecule has 1 saturated heterocycles. The molecule has 2 aromatic carbocycles. The molecule has 3 N–H and O–H groups in total. The van der Waals surface area contributed by atoms with Gasteiger partial charge >= 0.3 is 0 Å². The molecule has 5 heterocycles. The van der Waals surface area contributed by atoms with Gasteiger partial charge in [-0.1, -0.05) is 36.4 Å². The van der Waals surface area contributed by atoms with Gasteiger partial charge < -0.3 is 16.0 Å². The van der Waals surface area contributed by atoms with Crippen molar-refractivity contribution >= 4 is 28.1 Å². The summed E-state index contributed by atoms with van der Waals surface area (Å²) in [5, 5.41) is 13.3. The zero-order valence-electron chi connectivity index (χ0n) is 25.9. The number of hydrogen-bond acceptors (Lipinski definition) is 8. The fraction of sp³-hybridized carbons (Fsp3) is 0.265. The number of anilines is 1. The average molecular weight is 617 g/mol. The Labute approximate surface area is 265 Å². The normalized spacial score (nSPS) is 15.0. The first-order valence-electron chi connectivity index (χ1n) is 15.4. The van der Waals surface area contributed by atoms with Crippen molar-refractivity contribution in [3.8, 4) is 16.8 Å². The van der Waals surface area contributed by atoms with Gasteiger partial charge in [0.2, 0.25) is 0 Å². The minimum absolute atomic E-state index is 0.0797. The molecule has 1 aliphatic heterocycles. The number of likely N-dealkylation sites (N-methyl/N-ethyl adjacent to an activating group) is 1. The number of nitrogens with zero attached hydrogens (tertiary/aromatic N) is 8. The molecule has 46 heavy (non-hydrogen) atoms. The van der Waals surface area contributed by atoms with Crippen molar-refractivity contribution in [2.75, 3.05) is 45.5 Å². The van der Waals surface area contributed by atoms with Gasteiger partial charge in [-0.25, -0.2) is 9.50 Å². The second kappa shape index (κ2) is 12.2. The van der Waals surface area contributed by atoms with Crippen LogP contribution in [-0.4, -0.2) is 84.4 Å². The summed E-state index contributed by atoms with van der Waals surface area (Å²) in [7, 11) is 2.16. The number of nitrogens with two attached hydrogens (primary N) is 1. The summed E-state index contributed by atoms with van der Waals surface area (Å²) in [5.74, 6) is -0.348. The van der Waals surface area contributed by atoms with E-state index in [1.165, 1.54) is 4.52 Å². The van der Waals surface area contributed by atoms with E-state index in [-0.39, 0.29) is 16.9 Å². The third-order valence-corrected chi connectivity index (χ3v) is 8.72. The minimum Gasteiger partial charge on any atom is -0.381 e. The van der Waals surface area contributed by atoms with Gasteiger partial charge in [-0.2, -0.15) is 5.10 Å². The van der Waals surface area contributed by atoms with Crippen LogP contribution in [0.3, 0.4) is 0 Å². The second-order valence-electron chi connectivity index (χ2n) is 11.8. The maximum Gasteiger partial charge on any atom is 0.263 e. The van der Waals surface area contributed by atoms with E-state index in [1.807, 2.05) is 78.6 Å². The fourth-order valence-corrected chi connectivity index (χ4v) is 6.19. The van der Waals surface area contributed by atoms with Gasteiger partial charge in [0.15, 0.2) is 11.5 Å². The van der Waals surface area contributed by atoms with Gasteiger partial charge in [0.05, 0.1) is 24.2 Å². The number of hydrogen-bond donors (Lipinski definition) is 2. The van der Waals surface area contributed by atoms with Crippen LogP contribution in [0.15, 0.2) is 90.2 Å². The third-order valence-electron chi connectivity index (χ3n) is 8.72. The number of nitrogen functional groups attached to an aromatic ring is 1. The summed E-state index contributed by atoms with van der Waals surface area (Å²) in [4.78, 5) is 37.2. The van der Waals surface area contributed by atoms with Crippen molar-refractivity contribution in [3.05, 3.63) is 107 Å². The molecule has 0 radical (unpaired) electrons. The molecule has 12 heteroatoms. The highest BCUT2D eigenvalue weighted by atomic mass is 16.2. The Morgan fingerprint density at radius 3 is 2.63 bits per heavy atom. The number of nitrogens with one attached hydrogen (secondary N) is 1. The van der Waals surface area contributed by atoms with Crippen molar-refractivity contribution in [2.45, 2.75) is 19.5 Å². The standard InChI is InChI=1S/C34H36N10O2/c1-23(38-33(45)30-31(35)39-43-13-7-12-36-32(30)43)28-20-24-8-6-11-27(29(24)34(46)44(28)26-9-4-3-5-10-26)25-21-37-42(22-25)19-18-41-16-14-40(2)15-17-41/h3-13,20-23H,14-19H2,1-2H3,(H2,35,39)(H,38,45)/t23-/m1/s1. The number of rotatable bonds is 8. The number of piperazine rings is 1. The molecule has 12 nitrogen and oxygen atoms in total. The van der Waals surface area contributed by atoms with Crippen LogP contribution in [0, 0.1) is 0 Å². The van der Waals surface area contributed by atoms with E-state index in [9.17, 15) is 9.59 Å². The minimum atomic E-state index is -0.566. The second-order valence-corrected chi connectivity index (χ2v) is 11.8. The van der Waals surface area contributed by atoms with Gasteiger partial charge in [0.25, 0.3) is 11.5 Å². The number of para-hydroxylation sites is 1. The lowest BCUT2D eigenvalue weighted by Gasteiger charge is -2.32. The lowest BCUT2D eigenvalue weighted by atomic mass is 9.99. The summed E-state index contributed by atoms with van der Waals surface area (Å²) < 4.78 is 5.10. The SMILES string of the molecule is C[C@@H](NC(=O)c1c(N)nn2cccnc12)c1cc2cccc(-c3cnn(CCN4CCN(C)CC4)c3)c2c(=O)n1-c1ccccc1. The zero-order chi connectivity index (χ0) is 31.8. The van der Waals surface area contributed by atoms with Gasteiger partial charge in [-0.3, -0.25) is 23.7 Å². The Hall–Kier alpha value is -5.33. The molecule has 0 bridgehead atoms. The van der Waals surface area contributed by atoms with Crippen molar-refractivity contribution in [3.63, 3.8) is 0 Å². The molecule has 1 amide bonds. The highest BCUT2D eigenvalue weighted by Gasteiger charge is 2.24. The summed E-state index contributed by atoms with van der Waals surface area (Å²) in [6.07, 6.45) is 7.12. The number of benzene rings is 2. The van der Waals surface area contributed by atoms with E-state index < -0.39 is 11.9 Å². The Morgan fingerprint density at radius 2 is 1.83 bits per heavy atom. The first-order valence-corrected chi connectivity index (χ1v) is 15.4. The van der Waals surface area contributed by atoms with Gasteiger partial charge in [-0.15, -0.1) is 5.10 Å². The number of fused-ring (bicyclic) bond motifs is 2. The molecule has 4 aromatic heterocycles. The molecule has 1 aliphatic rings. The first kappa shape index (κ1) is 29.4. The molecule has 6 aromatic rings. The topological polar surface area (TPSA) is 132 Å². The molecular formula is C34H36N10O2. The number of aromatic nitrogens is 6. The fourth-order valence-electron chi connectivity index (χ4n) is 6.19. The van der Waals surface area contributed by atoms with E-state index in [4.69, 9.17) is 5.73 Å². The van der Waals surface area contributed by atoms with Crippen molar-refractivity contribution < 1.29 is 4.79 Å². The smallest absolute Gasteiger partial charge is 0.263 e. The first-order chi connectivity index (χ1) is 22.4. The van der Waals surface area contributed by atoms with Gasteiger partial charge in [0, 0.05) is 68.3 Å². The van der Waals surface area contributed by atoms with E-state index >= 15 is 0 Å². The molecule has 1 atom stereocenters. The largest absolute Gasteiger partial charge is 0.381 e. The summed E-state index contributed by atoms with van der Waals surface area (Å²) in [5.41, 5.74) is 9.50. The molecule has 7 rings (SSSR count). The number of carbonyl (C=O) groups excluding carboxylic acids is 1. The highest BCUT2D eigenvalue weighted by Crippen LogP contribution is 2.29. The quantitative estimate of drug-likeness (QED) is 0.267. The molecule has 234 valence electrons. The Bertz CT molecular complexity index is 2090. The van der Waals surface area contributed by atoms with E-state index in [0.29, 0.717) is 22.4 Å². The lowest BCUT2D eigenvalue weighted by Crippen LogP contribution is -2.45. The molecule has 1 fully saturated rings. The number of carbonyl (C=O) groups is 1. The number of amides is 1. The monoisotopic (exact) mass is 616 g/mol. The zero-order valence-corrected chi connectivity index (χ0v) is 25.9. The van der Waals surface area contributed by atoms with Crippen LogP contribution in [0.25, 0.3) is 33.2 Å².